The molecule has 0 N–H and O–H groups in total. The number of benzene rings is 1. The van der Waals surface area contributed by atoms with Gasteiger partial charge in [-0.15, -0.1) is 0 Å². The highest BCUT2D eigenvalue weighted by Gasteiger charge is 2.33. The Morgan fingerprint density at radius 3 is 2.08 bits per heavy atom. The summed E-state index contributed by atoms with van der Waals surface area (Å²) in [4.78, 5) is 12.4. The van der Waals surface area contributed by atoms with Crippen LogP contribution in [-0.2, 0) is 4.79 Å². The van der Waals surface area contributed by atoms with E-state index in [4.69, 9.17) is 16.3 Å². The summed E-state index contributed by atoms with van der Waals surface area (Å²) in [5.41, 5.74) is 0. The van der Waals surface area contributed by atoms with Gasteiger partial charge in [0.05, 0.1) is 5.92 Å². The summed E-state index contributed by atoms with van der Waals surface area (Å²) < 4.78 is 5.53. The van der Waals surface area contributed by atoms with E-state index in [9.17, 15) is 4.79 Å². The summed E-state index contributed by atoms with van der Waals surface area (Å²) in [6, 6.07) is 7.05. The van der Waals surface area contributed by atoms with E-state index in [2.05, 4.69) is 6.92 Å². The smallest absolute Gasteiger partial charge is 0.314 e. The largest absolute Gasteiger partial charge is 0.426 e. The normalized spacial score (nSPS) is 30.0. The molecule has 3 heteroatoms. The number of rotatable bonds is 5. The van der Waals surface area contributed by atoms with Gasteiger partial charge in [-0.2, -0.15) is 0 Å². The Kier molecular flexibility index (Phi) is 6.81. The number of hydrogen-bond donors (Lipinski definition) is 0. The molecule has 0 saturated heterocycles. The fraction of sp³-hybridized carbons (Fsp3) is 0.682. The van der Waals surface area contributed by atoms with Crippen LogP contribution in [0.1, 0.15) is 71.1 Å². The topological polar surface area (TPSA) is 26.3 Å². The summed E-state index contributed by atoms with van der Waals surface area (Å²) in [5, 5.41) is 0.661. The van der Waals surface area contributed by atoms with E-state index in [0.717, 1.165) is 30.6 Å². The van der Waals surface area contributed by atoms with Crippen molar-refractivity contribution in [3.63, 3.8) is 0 Å². The van der Waals surface area contributed by atoms with E-state index in [1.165, 1.54) is 51.4 Å². The molecule has 0 amide bonds. The summed E-state index contributed by atoms with van der Waals surface area (Å²) in [5.74, 6) is 3.33. The molecule has 2 saturated carbocycles. The number of hydrogen-bond acceptors (Lipinski definition) is 2. The van der Waals surface area contributed by atoms with Gasteiger partial charge < -0.3 is 4.74 Å². The summed E-state index contributed by atoms with van der Waals surface area (Å²) in [6.07, 6.45) is 12.8. The maximum Gasteiger partial charge on any atom is 0.314 e. The van der Waals surface area contributed by atoms with E-state index in [1.54, 1.807) is 24.3 Å². The maximum absolute atomic E-state index is 12.4. The van der Waals surface area contributed by atoms with Gasteiger partial charge in [-0.3, -0.25) is 4.79 Å². The van der Waals surface area contributed by atoms with Gasteiger partial charge in [-0.1, -0.05) is 44.2 Å². The van der Waals surface area contributed by atoms with Crippen molar-refractivity contribution in [2.24, 2.45) is 23.7 Å². The highest BCUT2D eigenvalue weighted by Crippen LogP contribution is 2.42. The van der Waals surface area contributed by atoms with Crippen molar-refractivity contribution in [2.75, 3.05) is 0 Å². The van der Waals surface area contributed by atoms with Gasteiger partial charge in [-0.05, 0) is 80.5 Å². The zero-order valence-corrected chi connectivity index (χ0v) is 16.1. The maximum atomic E-state index is 12.4. The summed E-state index contributed by atoms with van der Waals surface area (Å²) in [7, 11) is 0. The quantitative estimate of drug-likeness (QED) is 0.432. The molecule has 0 aliphatic heterocycles. The number of esters is 1. The molecule has 0 bridgehead atoms. The predicted octanol–water partition coefficient (Wildman–Crippen LogP) is 6.66. The summed E-state index contributed by atoms with van der Waals surface area (Å²) >= 11 is 5.87. The first-order valence-electron chi connectivity index (χ1n) is 10.1. The third kappa shape index (κ3) is 5.23. The van der Waals surface area contributed by atoms with Crippen LogP contribution in [0.3, 0.4) is 0 Å². The third-order valence-corrected chi connectivity index (χ3v) is 6.64. The van der Waals surface area contributed by atoms with E-state index >= 15 is 0 Å². The highest BCUT2D eigenvalue weighted by molar-refractivity contribution is 6.30. The van der Waals surface area contributed by atoms with E-state index < -0.39 is 0 Å². The van der Waals surface area contributed by atoms with E-state index in [-0.39, 0.29) is 11.9 Å². The Morgan fingerprint density at radius 2 is 1.52 bits per heavy atom. The minimum Gasteiger partial charge on any atom is -0.426 e. The van der Waals surface area contributed by atoms with Gasteiger partial charge >= 0.3 is 5.97 Å². The molecular formula is C22H31ClO2. The van der Waals surface area contributed by atoms with Gasteiger partial charge in [0, 0.05) is 5.02 Å². The van der Waals surface area contributed by atoms with Crippen LogP contribution in [0.25, 0.3) is 0 Å². The zero-order valence-electron chi connectivity index (χ0n) is 15.4. The summed E-state index contributed by atoms with van der Waals surface area (Å²) in [6.45, 7) is 2.30. The minimum absolute atomic E-state index is 0.0626. The molecule has 0 atom stereocenters. The zero-order chi connectivity index (χ0) is 17.6. The van der Waals surface area contributed by atoms with Crippen LogP contribution in [0.4, 0.5) is 0 Å². The van der Waals surface area contributed by atoms with Crippen LogP contribution in [0.5, 0.6) is 5.75 Å². The first-order valence-corrected chi connectivity index (χ1v) is 10.5. The lowest BCUT2D eigenvalue weighted by molar-refractivity contribution is -0.140. The average molecular weight is 363 g/mol. The van der Waals surface area contributed by atoms with Crippen LogP contribution in [0.15, 0.2) is 24.3 Å². The van der Waals surface area contributed by atoms with Crippen LogP contribution in [-0.4, -0.2) is 5.97 Å². The standard InChI is InChI=1S/C22H31ClO2/c1-2-3-16-4-6-17(7-5-16)18-8-10-19(11-9-18)22(24)25-21-14-12-20(23)13-15-21/h12-19H,2-11H2,1H3/t16-,17-,18?,19?. The fourth-order valence-electron chi connectivity index (χ4n) is 4.88. The molecule has 2 nitrogen and oxygen atoms in total. The molecule has 2 fully saturated rings. The monoisotopic (exact) mass is 362 g/mol. The van der Waals surface area contributed by atoms with Crippen molar-refractivity contribution in [1.29, 1.82) is 0 Å². The molecule has 2 aliphatic carbocycles. The average Bonchev–Trinajstić information content (AvgIpc) is 2.65. The Morgan fingerprint density at radius 1 is 0.960 bits per heavy atom. The Balaban J connectivity index is 1.42. The molecule has 0 unspecified atom stereocenters. The first kappa shape index (κ1) is 18.8. The van der Waals surface area contributed by atoms with Crippen molar-refractivity contribution in [2.45, 2.75) is 71.1 Å². The highest BCUT2D eigenvalue weighted by atomic mass is 35.5. The van der Waals surface area contributed by atoms with Gasteiger partial charge in [-0.25, -0.2) is 0 Å². The molecule has 1 aromatic rings. The molecule has 25 heavy (non-hydrogen) atoms. The SMILES string of the molecule is CCC[C@H]1CC[C@H](C2CCC(C(=O)Oc3ccc(Cl)cc3)CC2)CC1. The number of carbonyl (C=O) groups is 1. The van der Waals surface area contributed by atoms with Crippen molar-refractivity contribution < 1.29 is 9.53 Å². The van der Waals surface area contributed by atoms with Crippen LogP contribution >= 0.6 is 11.6 Å². The number of carbonyl (C=O) groups excluding carboxylic acids is 1. The lowest BCUT2D eigenvalue weighted by atomic mass is 9.69. The van der Waals surface area contributed by atoms with Gasteiger partial charge in [0.25, 0.3) is 0 Å². The Hall–Kier alpha value is -1.02. The molecular weight excluding hydrogens is 332 g/mol. The lowest BCUT2D eigenvalue weighted by Gasteiger charge is -2.37. The van der Waals surface area contributed by atoms with E-state index in [0.29, 0.717) is 10.8 Å². The second-order valence-corrected chi connectivity index (χ2v) is 8.49. The number of halogens is 1. The van der Waals surface area contributed by atoms with Crippen molar-refractivity contribution >= 4 is 17.6 Å². The first-order chi connectivity index (χ1) is 12.2. The van der Waals surface area contributed by atoms with E-state index in [1.807, 2.05) is 0 Å². The van der Waals surface area contributed by atoms with Crippen molar-refractivity contribution in [3.8, 4) is 5.75 Å². The third-order valence-electron chi connectivity index (χ3n) is 6.39. The molecule has 1 aromatic carbocycles. The second kappa shape index (κ2) is 9.07. The second-order valence-electron chi connectivity index (χ2n) is 8.06. The minimum atomic E-state index is -0.0626. The number of ether oxygens (including phenoxy) is 1. The molecule has 0 aromatic heterocycles. The van der Waals surface area contributed by atoms with Crippen LogP contribution in [0, 0.1) is 23.7 Å². The van der Waals surface area contributed by atoms with Gasteiger partial charge in [0.2, 0.25) is 0 Å². The lowest BCUT2D eigenvalue weighted by Crippen LogP contribution is -2.30. The molecule has 0 heterocycles. The Labute approximate surface area is 157 Å². The molecule has 3 rings (SSSR count). The Bertz CT molecular complexity index is 538. The molecule has 0 radical (unpaired) electrons. The van der Waals surface area contributed by atoms with Gasteiger partial charge in [0.15, 0.2) is 0 Å². The molecule has 0 spiro atoms. The van der Waals surface area contributed by atoms with Crippen molar-refractivity contribution in [3.05, 3.63) is 29.3 Å². The van der Waals surface area contributed by atoms with Crippen molar-refractivity contribution in [1.82, 2.24) is 0 Å². The fourth-order valence-corrected chi connectivity index (χ4v) is 5.01. The van der Waals surface area contributed by atoms with Crippen LogP contribution < -0.4 is 4.74 Å². The van der Waals surface area contributed by atoms with Crippen LogP contribution in [0.2, 0.25) is 5.02 Å². The van der Waals surface area contributed by atoms with Gasteiger partial charge in [0.1, 0.15) is 5.75 Å². The molecule has 138 valence electrons. The predicted molar refractivity (Wildman–Crippen MR) is 103 cm³/mol. The molecule has 2 aliphatic rings.